The highest BCUT2D eigenvalue weighted by molar-refractivity contribution is 5.75. The van der Waals surface area contributed by atoms with Crippen LogP contribution in [-0.4, -0.2) is 32.1 Å². The van der Waals surface area contributed by atoms with Crippen LogP contribution in [0.15, 0.2) is 0 Å². The maximum absolute atomic E-state index is 11.0. The summed E-state index contributed by atoms with van der Waals surface area (Å²) in [6.45, 7) is 1.04. The first-order valence-corrected chi connectivity index (χ1v) is 4.74. The Morgan fingerprint density at radius 1 is 1.29 bits per heavy atom. The van der Waals surface area contributed by atoms with Crippen LogP contribution in [0.4, 0.5) is 0 Å². The molecule has 0 unspecified atom stereocenters. The fourth-order valence-corrected chi connectivity index (χ4v) is 0.914. The Bertz CT molecular complexity index is 183. The molecule has 14 heavy (non-hydrogen) atoms. The van der Waals surface area contributed by atoms with Crippen molar-refractivity contribution in [2.75, 3.05) is 20.2 Å². The summed E-state index contributed by atoms with van der Waals surface area (Å²) in [5.41, 5.74) is 5.25. The van der Waals surface area contributed by atoms with Crippen molar-refractivity contribution in [3.63, 3.8) is 0 Å². The SMILES string of the molecule is COC(=O)CCCNC(=O)CCCN. The van der Waals surface area contributed by atoms with E-state index in [4.69, 9.17) is 5.73 Å². The Labute approximate surface area is 84.0 Å². The van der Waals surface area contributed by atoms with Crippen molar-refractivity contribution in [2.24, 2.45) is 5.73 Å². The van der Waals surface area contributed by atoms with Gasteiger partial charge in [-0.25, -0.2) is 0 Å². The first-order chi connectivity index (χ1) is 6.70. The quantitative estimate of drug-likeness (QED) is 0.442. The first-order valence-electron chi connectivity index (χ1n) is 4.74. The molecule has 0 aliphatic heterocycles. The summed E-state index contributed by atoms with van der Waals surface area (Å²) < 4.78 is 4.45. The molecule has 5 heteroatoms. The predicted molar refractivity (Wildman–Crippen MR) is 52.5 cm³/mol. The van der Waals surface area contributed by atoms with Crippen molar-refractivity contribution in [1.82, 2.24) is 5.32 Å². The van der Waals surface area contributed by atoms with Crippen LogP contribution in [0, 0.1) is 0 Å². The maximum Gasteiger partial charge on any atom is 0.305 e. The third kappa shape index (κ3) is 7.54. The van der Waals surface area contributed by atoms with Gasteiger partial charge in [-0.2, -0.15) is 0 Å². The van der Waals surface area contributed by atoms with E-state index in [-0.39, 0.29) is 11.9 Å². The zero-order valence-electron chi connectivity index (χ0n) is 8.54. The molecule has 1 amide bonds. The van der Waals surface area contributed by atoms with Crippen LogP contribution in [0.2, 0.25) is 0 Å². The molecule has 3 N–H and O–H groups in total. The minimum atomic E-state index is -0.249. The van der Waals surface area contributed by atoms with Gasteiger partial charge in [0.15, 0.2) is 0 Å². The third-order valence-corrected chi connectivity index (χ3v) is 1.72. The Morgan fingerprint density at radius 2 is 2.00 bits per heavy atom. The van der Waals surface area contributed by atoms with Gasteiger partial charge in [0.1, 0.15) is 0 Å². The molecule has 0 spiro atoms. The number of ether oxygens (including phenoxy) is 1. The Hall–Kier alpha value is -1.10. The van der Waals surface area contributed by atoms with Crippen molar-refractivity contribution in [2.45, 2.75) is 25.7 Å². The van der Waals surface area contributed by atoms with E-state index < -0.39 is 0 Å². The number of methoxy groups -OCH3 is 1. The molecule has 5 nitrogen and oxygen atoms in total. The topological polar surface area (TPSA) is 81.4 Å². The molecule has 0 aromatic carbocycles. The van der Waals surface area contributed by atoms with Crippen molar-refractivity contribution in [3.8, 4) is 0 Å². The molecule has 0 bridgehead atoms. The summed E-state index contributed by atoms with van der Waals surface area (Å²) in [5, 5.41) is 2.69. The molecule has 0 saturated heterocycles. The molecule has 0 atom stereocenters. The molecule has 0 rings (SSSR count). The Kier molecular flexibility index (Phi) is 7.83. The minimum absolute atomic E-state index is 0.0136. The minimum Gasteiger partial charge on any atom is -0.469 e. The summed E-state index contributed by atoms with van der Waals surface area (Å²) in [7, 11) is 1.35. The van der Waals surface area contributed by atoms with E-state index in [2.05, 4.69) is 10.1 Å². The van der Waals surface area contributed by atoms with Crippen LogP contribution >= 0.6 is 0 Å². The van der Waals surface area contributed by atoms with Gasteiger partial charge >= 0.3 is 5.97 Å². The summed E-state index contributed by atoms with van der Waals surface area (Å²) in [6, 6.07) is 0. The van der Waals surface area contributed by atoms with Gasteiger partial charge in [0.25, 0.3) is 0 Å². The average molecular weight is 202 g/mol. The molecule has 0 saturated carbocycles. The Morgan fingerprint density at radius 3 is 2.57 bits per heavy atom. The highest BCUT2D eigenvalue weighted by atomic mass is 16.5. The lowest BCUT2D eigenvalue weighted by Gasteiger charge is -2.03. The average Bonchev–Trinajstić information content (AvgIpc) is 2.21. The fraction of sp³-hybridized carbons (Fsp3) is 0.778. The van der Waals surface area contributed by atoms with E-state index in [0.29, 0.717) is 38.8 Å². The largest absolute Gasteiger partial charge is 0.469 e. The number of hydrogen-bond acceptors (Lipinski definition) is 4. The molecule has 0 radical (unpaired) electrons. The molecule has 0 aromatic heterocycles. The third-order valence-electron chi connectivity index (χ3n) is 1.72. The summed E-state index contributed by atoms with van der Waals surface area (Å²) in [6.07, 6.45) is 2.10. The molecule has 0 aromatic rings. The van der Waals surface area contributed by atoms with Gasteiger partial charge in [-0.15, -0.1) is 0 Å². The summed E-state index contributed by atoms with van der Waals surface area (Å²) >= 11 is 0. The number of nitrogens with one attached hydrogen (secondary N) is 1. The predicted octanol–water partition coefficient (Wildman–Crippen LogP) is -0.205. The molecule has 0 aliphatic carbocycles. The van der Waals surface area contributed by atoms with Gasteiger partial charge < -0.3 is 15.8 Å². The van der Waals surface area contributed by atoms with Gasteiger partial charge in [0.05, 0.1) is 7.11 Å². The second kappa shape index (κ2) is 8.50. The number of carbonyl (C=O) groups excluding carboxylic acids is 2. The van der Waals surface area contributed by atoms with E-state index in [0.717, 1.165) is 0 Å². The lowest BCUT2D eigenvalue weighted by Crippen LogP contribution is -2.25. The number of nitrogens with two attached hydrogens (primary N) is 1. The monoisotopic (exact) mass is 202 g/mol. The fourth-order valence-electron chi connectivity index (χ4n) is 0.914. The normalized spacial score (nSPS) is 9.57. The van der Waals surface area contributed by atoms with Gasteiger partial charge in [0.2, 0.25) is 5.91 Å². The van der Waals surface area contributed by atoms with Crippen LogP contribution in [0.5, 0.6) is 0 Å². The standard InChI is InChI=1S/C9H18N2O3/c1-14-9(13)5-3-7-11-8(12)4-2-6-10/h2-7,10H2,1H3,(H,11,12). The second-order valence-electron chi connectivity index (χ2n) is 2.92. The van der Waals surface area contributed by atoms with Gasteiger partial charge in [-0.1, -0.05) is 0 Å². The molecular weight excluding hydrogens is 184 g/mol. The molecule has 82 valence electrons. The lowest BCUT2D eigenvalue weighted by atomic mass is 10.2. The highest BCUT2D eigenvalue weighted by Crippen LogP contribution is 1.91. The second-order valence-corrected chi connectivity index (χ2v) is 2.92. The van der Waals surface area contributed by atoms with Crippen molar-refractivity contribution in [3.05, 3.63) is 0 Å². The molecule has 0 fully saturated rings. The number of hydrogen-bond donors (Lipinski definition) is 2. The maximum atomic E-state index is 11.0. The number of amides is 1. The van der Waals surface area contributed by atoms with Crippen molar-refractivity contribution >= 4 is 11.9 Å². The van der Waals surface area contributed by atoms with Crippen molar-refractivity contribution < 1.29 is 14.3 Å². The van der Waals surface area contributed by atoms with E-state index in [1.54, 1.807) is 0 Å². The Balaban J connectivity index is 3.27. The van der Waals surface area contributed by atoms with E-state index in [9.17, 15) is 9.59 Å². The number of rotatable bonds is 7. The smallest absolute Gasteiger partial charge is 0.305 e. The van der Waals surface area contributed by atoms with E-state index in [1.807, 2.05) is 0 Å². The van der Waals surface area contributed by atoms with E-state index in [1.165, 1.54) is 7.11 Å². The van der Waals surface area contributed by atoms with E-state index >= 15 is 0 Å². The van der Waals surface area contributed by atoms with Gasteiger partial charge in [0, 0.05) is 19.4 Å². The van der Waals surface area contributed by atoms with Gasteiger partial charge in [-0.05, 0) is 19.4 Å². The van der Waals surface area contributed by atoms with Crippen LogP contribution in [-0.2, 0) is 14.3 Å². The molecule has 0 aliphatic rings. The molecular formula is C9H18N2O3. The zero-order chi connectivity index (χ0) is 10.8. The van der Waals surface area contributed by atoms with Crippen molar-refractivity contribution in [1.29, 1.82) is 0 Å². The zero-order valence-corrected chi connectivity index (χ0v) is 8.54. The van der Waals surface area contributed by atoms with Crippen LogP contribution in [0.3, 0.4) is 0 Å². The van der Waals surface area contributed by atoms with Crippen LogP contribution in [0.25, 0.3) is 0 Å². The first kappa shape index (κ1) is 12.9. The highest BCUT2D eigenvalue weighted by Gasteiger charge is 2.01. The lowest BCUT2D eigenvalue weighted by molar-refractivity contribution is -0.140. The van der Waals surface area contributed by atoms with Gasteiger partial charge in [-0.3, -0.25) is 9.59 Å². The molecule has 0 heterocycles. The number of carbonyl (C=O) groups is 2. The van der Waals surface area contributed by atoms with Crippen LogP contribution < -0.4 is 11.1 Å². The number of esters is 1. The summed E-state index contributed by atoms with van der Waals surface area (Å²) in [5.74, 6) is -0.262. The van der Waals surface area contributed by atoms with Crippen LogP contribution in [0.1, 0.15) is 25.7 Å². The summed E-state index contributed by atoms with van der Waals surface area (Å²) in [4.78, 5) is 21.7.